The minimum atomic E-state index is -0.00994. The highest BCUT2D eigenvalue weighted by atomic mass is 16.2. The van der Waals surface area contributed by atoms with E-state index in [-0.39, 0.29) is 17.9 Å². The Hall–Kier alpha value is -1.35. The summed E-state index contributed by atoms with van der Waals surface area (Å²) in [5.41, 5.74) is 8.20. The number of nitrogens with zero attached hydrogens (tertiary/aromatic N) is 1. The van der Waals surface area contributed by atoms with Crippen LogP contribution in [0.5, 0.6) is 0 Å². The summed E-state index contributed by atoms with van der Waals surface area (Å²) < 4.78 is 0. The van der Waals surface area contributed by atoms with E-state index >= 15 is 0 Å². The Balaban J connectivity index is 2.13. The molecule has 0 aliphatic heterocycles. The first kappa shape index (κ1) is 13.1. The van der Waals surface area contributed by atoms with E-state index in [1.807, 2.05) is 38.2 Å². The van der Waals surface area contributed by atoms with E-state index in [1.54, 1.807) is 4.90 Å². The Labute approximate surface area is 109 Å². The Kier molecular flexibility index (Phi) is 4.02. The SMILES string of the molecule is Cc1cccc(N(C)C(=O)C2CCCCC2N)c1. The van der Waals surface area contributed by atoms with E-state index < -0.39 is 0 Å². The summed E-state index contributed by atoms with van der Waals surface area (Å²) in [5.74, 6) is 0.150. The van der Waals surface area contributed by atoms with Gasteiger partial charge in [-0.3, -0.25) is 4.79 Å². The van der Waals surface area contributed by atoms with Crippen LogP contribution in [0.15, 0.2) is 24.3 Å². The molecule has 1 aromatic rings. The van der Waals surface area contributed by atoms with Crippen LogP contribution in [-0.4, -0.2) is 19.0 Å². The number of amides is 1. The highest BCUT2D eigenvalue weighted by molar-refractivity contribution is 5.95. The summed E-state index contributed by atoms with van der Waals surface area (Å²) in [6, 6.07) is 8.05. The number of hydrogen-bond donors (Lipinski definition) is 1. The maximum Gasteiger partial charge on any atom is 0.231 e. The van der Waals surface area contributed by atoms with Crippen molar-refractivity contribution in [1.29, 1.82) is 0 Å². The van der Waals surface area contributed by atoms with Gasteiger partial charge in [-0.15, -0.1) is 0 Å². The molecule has 2 N–H and O–H groups in total. The van der Waals surface area contributed by atoms with Crippen molar-refractivity contribution in [3.63, 3.8) is 0 Å². The maximum absolute atomic E-state index is 12.5. The molecule has 1 aliphatic rings. The fourth-order valence-corrected chi connectivity index (χ4v) is 2.68. The van der Waals surface area contributed by atoms with E-state index in [0.29, 0.717) is 0 Å². The molecule has 0 aromatic heterocycles. The monoisotopic (exact) mass is 246 g/mol. The first-order valence-corrected chi connectivity index (χ1v) is 6.69. The minimum Gasteiger partial charge on any atom is -0.327 e. The van der Waals surface area contributed by atoms with E-state index in [4.69, 9.17) is 5.73 Å². The second-order valence-electron chi connectivity index (χ2n) is 5.29. The number of benzene rings is 1. The summed E-state index contributed by atoms with van der Waals surface area (Å²) >= 11 is 0. The van der Waals surface area contributed by atoms with Gasteiger partial charge in [0.1, 0.15) is 0 Å². The van der Waals surface area contributed by atoms with Crippen molar-refractivity contribution in [3.8, 4) is 0 Å². The Morgan fingerprint density at radius 2 is 2.06 bits per heavy atom. The van der Waals surface area contributed by atoms with Crippen molar-refractivity contribution >= 4 is 11.6 Å². The van der Waals surface area contributed by atoms with Crippen molar-refractivity contribution in [2.75, 3.05) is 11.9 Å². The minimum absolute atomic E-state index is 0.00994. The molecule has 1 fully saturated rings. The summed E-state index contributed by atoms with van der Waals surface area (Å²) in [4.78, 5) is 14.2. The van der Waals surface area contributed by atoms with Crippen LogP contribution in [0.2, 0.25) is 0 Å². The van der Waals surface area contributed by atoms with Gasteiger partial charge in [0, 0.05) is 18.8 Å². The molecule has 3 nitrogen and oxygen atoms in total. The largest absolute Gasteiger partial charge is 0.327 e. The van der Waals surface area contributed by atoms with Crippen LogP contribution in [-0.2, 0) is 4.79 Å². The summed E-state index contributed by atoms with van der Waals surface area (Å²) in [7, 11) is 1.85. The predicted octanol–water partition coefficient (Wildman–Crippen LogP) is 2.48. The first-order chi connectivity index (χ1) is 8.59. The number of rotatable bonds is 2. The summed E-state index contributed by atoms with van der Waals surface area (Å²) in [6.45, 7) is 2.04. The quantitative estimate of drug-likeness (QED) is 0.871. The van der Waals surface area contributed by atoms with Gasteiger partial charge < -0.3 is 10.6 Å². The average Bonchev–Trinajstić information content (AvgIpc) is 2.37. The highest BCUT2D eigenvalue weighted by Gasteiger charge is 2.30. The molecule has 18 heavy (non-hydrogen) atoms. The molecule has 1 amide bonds. The standard InChI is InChI=1S/C15H22N2O/c1-11-6-5-7-12(10-11)17(2)15(18)13-8-3-4-9-14(13)16/h5-7,10,13-14H,3-4,8-9,16H2,1-2H3. The number of anilines is 1. The van der Waals surface area contributed by atoms with Gasteiger partial charge in [0.2, 0.25) is 5.91 Å². The first-order valence-electron chi connectivity index (χ1n) is 6.69. The molecule has 1 aromatic carbocycles. The molecular formula is C15H22N2O. The lowest BCUT2D eigenvalue weighted by molar-refractivity contribution is -0.123. The highest BCUT2D eigenvalue weighted by Crippen LogP contribution is 2.26. The van der Waals surface area contributed by atoms with Crippen LogP contribution in [0.3, 0.4) is 0 Å². The molecule has 2 unspecified atom stereocenters. The fourth-order valence-electron chi connectivity index (χ4n) is 2.68. The molecule has 2 rings (SSSR count). The Bertz CT molecular complexity index is 430. The molecule has 0 bridgehead atoms. The van der Waals surface area contributed by atoms with E-state index in [2.05, 4.69) is 0 Å². The molecule has 0 saturated heterocycles. The zero-order chi connectivity index (χ0) is 13.1. The van der Waals surface area contributed by atoms with Gasteiger partial charge in [0.25, 0.3) is 0 Å². The van der Waals surface area contributed by atoms with Gasteiger partial charge in [-0.2, -0.15) is 0 Å². The number of carbonyl (C=O) groups excluding carboxylic acids is 1. The molecule has 0 radical (unpaired) electrons. The van der Waals surface area contributed by atoms with Gasteiger partial charge in [-0.25, -0.2) is 0 Å². The van der Waals surface area contributed by atoms with Crippen LogP contribution in [0.25, 0.3) is 0 Å². The topological polar surface area (TPSA) is 46.3 Å². The second-order valence-corrected chi connectivity index (χ2v) is 5.29. The number of carbonyl (C=O) groups is 1. The lowest BCUT2D eigenvalue weighted by atomic mass is 9.84. The van der Waals surface area contributed by atoms with Gasteiger partial charge >= 0.3 is 0 Å². The number of hydrogen-bond acceptors (Lipinski definition) is 2. The second kappa shape index (κ2) is 5.53. The summed E-state index contributed by atoms with van der Waals surface area (Å²) in [6.07, 6.45) is 4.17. The normalized spacial score (nSPS) is 23.7. The van der Waals surface area contributed by atoms with Crippen LogP contribution in [0.4, 0.5) is 5.69 Å². The van der Waals surface area contributed by atoms with E-state index in [0.717, 1.165) is 31.4 Å². The molecule has 0 spiro atoms. The fraction of sp³-hybridized carbons (Fsp3) is 0.533. The predicted molar refractivity (Wildman–Crippen MR) is 74.5 cm³/mol. The lowest BCUT2D eigenvalue weighted by Crippen LogP contribution is -2.44. The number of nitrogens with two attached hydrogens (primary N) is 1. The third-order valence-corrected chi connectivity index (χ3v) is 3.86. The smallest absolute Gasteiger partial charge is 0.231 e. The van der Waals surface area contributed by atoms with E-state index in [1.165, 1.54) is 5.56 Å². The van der Waals surface area contributed by atoms with Crippen molar-refractivity contribution in [3.05, 3.63) is 29.8 Å². The molecule has 98 valence electrons. The Morgan fingerprint density at radius 3 is 2.72 bits per heavy atom. The van der Waals surface area contributed by atoms with Crippen molar-refractivity contribution < 1.29 is 4.79 Å². The third-order valence-electron chi connectivity index (χ3n) is 3.86. The van der Waals surface area contributed by atoms with Crippen LogP contribution >= 0.6 is 0 Å². The summed E-state index contributed by atoms with van der Waals surface area (Å²) in [5, 5.41) is 0. The maximum atomic E-state index is 12.5. The van der Waals surface area contributed by atoms with Crippen molar-refractivity contribution in [2.24, 2.45) is 11.7 Å². The van der Waals surface area contributed by atoms with Crippen LogP contribution in [0, 0.1) is 12.8 Å². The molecule has 1 aliphatic carbocycles. The van der Waals surface area contributed by atoms with Crippen molar-refractivity contribution in [2.45, 2.75) is 38.6 Å². The zero-order valence-corrected chi connectivity index (χ0v) is 11.2. The Morgan fingerprint density at radius 1 is 1.33 bits per heavy atom. The van der Waals surface area contributed by atoms with E-state index in [9.17, 15) is 4.79 Å². The van der Waals surface area contributed by atoms with Gasteiger partial charge in [0.15, 0.2) is 0 Å². The molecule has 1 saturated carbocycles. The van der Waals surface area contributed by atoms with Crippen LogP contribution < -0.4 is 10.6 Å². The van der Waals surface area contributed by atoms with Crippen molar-refractivity contribution in [1.82, 2.24) is 0 Å². The average molecular weight is 246 g/mol. The van der Waals surface area contributed by atoms with Gasteiger partial charge in [-0.05, 0) is 37.5 Å². The molecular weight excluding hydrogens is 224 g/mol. The van der Waals surface area contributed by atoms with Gasteiger partial charge in [0.05, 0.1) is 5.92 Å². The lowest BCUT2D eigenvalue weighted by Gasteiger charge is -2.31. The molecule has 2 atom stereocenters. The van der Waals surface area contributed by atoms with Gasteiger partial charge in [-0.1, -0.05) is 25.0 Å². The molecule has 0 heterocycles. The number of aryl methyl sites for hydroxylation is 1. The zero-order valence-electron chi connectivity index (χ0n) is 11.2. The van der Waals surface area contributed by atoms with Crippen LogP contribution in [0.1, 0.15) is 31.2 Å². The molecule has 3 heteroatoms. The third kappa shape index (κ3) is 2.72.